The summed E-state index contributed by atoms with van der Waals surface area (Å²) < 4.78 is 0.868. The van der Waals surface area contributed by atoms with Crippen molar-refractivity contribution < 1.29 is 19.5 Å². The maximum absolute atomic E-state index is 12.3. The van der Waals surface area contributed by atoms with Crippen LogP contribution >= 0.6 is 22.9 Å². The molecule has 0 saturated carbocycles. The minimum Gasteiger partial charge on any atom is -0.481 e. The van der Waals surface area contributed by atoms with Crippen molar-refractivity contribution in [2.45, 2.75) is 12.8 Å². The van der Waals surface area contributed by atoms with E-state index < -0.39 is 29.6 Å². The van der Waals surface area contributed by atoms with Crippen molar-refractivity contribution >= 4 is 50.8 Å². The van der Waals surface area contributed by atoms with E-state index in [1.807, 2.05) is 24.3 Å². The summed E-state index contributed by atoms with van der Waals surface area (Å²) in [5.74, 6) is -3.60. The molecular weight excluding hydrogens is 364 g/mol. The van der Waals surface area contributed by atoms with Gasteiger partial charge in [0.05, 0.1) is 16.9 Å². The first-order chi connectivity index (χ1) is 12.0. The van der Waals surface area contributed by atoms with Crippen molar-refractivity contribution in [1.29, 1.82) is 0 Å². The molecule has 1 aliphatic rings. The maximum atomic E-state index is 12.3. The molecule has 1 aliphatic carbocycles. The summed E-state index contributed by atoms with van der Waals surface area (Å²) in [6, 6.07) is 7.34. The van der Waals surface area contributed by atoms with Crippen LogP contribution in [0.15, 0.2) is 36.4 Å². The van der Waals surface area contributed by atoms with Gasteiger partial charge in [-0.2, -0.15) is 0 Å². The van der Waals surface area contributed by atoms with Gasteiger partial charge in [0, 0.05) is 10.1 Å². The quantitative estimate of drug-likeness (QED) is 0.565. The molecule has 2 unspecified atom stereocenters. The first-order valence-corrected chi connectivity index (χ1v) is 8.83. The molecule has 0 spiro atoms. The van der Waals surface area contributed by atoms with Gasteiger partial charge >= 0.3 is 5.97 Å². The highest BCUT2D eigenvalue weighted by Gasteiger charge is 2.34. The number of aliphatic carboxylic acids is 1. The topological polar surface area (TPSA) is 95.5 Å². The molecule has 0 saturated heterocycles. The number of hydrazine groups is 1. The van der Waals surface area contributed by atoms with Crippen LogP contribution in [0.1, 0.15) is 22.5 Å². The fourth-order valence-corrected chi connectivity index (χ4v) is 4.22. The smallest absolute Gasteiger partial charge is 0.307 e. The van der Waals surface area contributed by atoms with Gasteiger partial charge in [-0.1, -0.05) is 42.0 Å². The normalized spacial score (nSPS) is 19.6. The van der Waals surface area contributed by atoms with Crippen LogP contribution in [-0.4, -0.2) is 22.9 Å². The van der Waals surface area contributed by atoms with E-state index >= 15 is 0 Å². The Bertz CT molecular complexity index is 877. The van der Waals surface area contributed by atoms with Gasteiger partial charge in [-0.05, 0) is 18.9 Å². The van der Waals surface area contributed by atoms with Crippen LogP contribution in [0.25, 0.3) is 10.1 Å². The molecule has 2 amide bonds. The van der Waals surface area contributed by atoms with E-state index in [1.165, 1.54) is 11.3 Å². The minimum absolute atomic E-state index is 0.293. The van der Waals surface area contributed by atoms with E-state index in [0.29, 0.717) is 22.7 Å². The Morgan fingerprint density at radius 2 is 1.76 bits per heavy atom. The summed E-state index contributed by atoms with van der Waals surface area (Å²) >= 11 is 7.45. The molecule has 2 atom stereocenters. The summed E-state index contributed by atoms with van der Waals surface area (Å²) in [5.41, 5.74) is 4.65. The standard InChI is InChI=1S/C17H15ClN2O4S/c18-13-11-7-3-4-8-12(11)25-14(13)16(22)20-19-15(21)9-5-1-2-6-10(9)17(23)24/h1-4,7-10H,5-6H2,(H,19,21)(H,20,22)(H,23,24). The van der Waals surface area contributed by atoms with Crippen LogP contribution in [-0.2, 0) is 9.59 Å². The third-order valence-electron chi connectivity index (χ3n) is 4.13. The van der Waals surface area contributed by atoms with E-state index in [1.54, 1.807) is 12.2 Å². The Hall–Kier alpha value is -2.38. The van der Waals surface area contributed by atoms with Crippen molar-refractivity contribution in [3.8, 4) is 0 Å². The Morgan fingerprint density at radius 3 is 2.44 bits per heavy atom. The molecule has 1 aromatic heterocycles. The summed E-state index contributed by atoms with van der Waals surface area (Å²) in [6.07, 6.45) is 4.14. The summed E-state index contributed by atoms with van der Waals surface area (Å²) in [7, 11) is 0. The van der Waals surface area contributed by atoms with Crippen molar-refractivity contribution in [3.05, 3.63) is 46.3 Å². The molecule has 0 aliphatic heterocycles. The molecule has 3 rings (SSSR count). The number of hydrogen-bond donors (Lipinski definition) is 3. The third kappa shape index (κ3) is 3.52. The first-order valence-electron chi connectivity index (χ1n) is 7.64. The van der Waals surface area contributed by atoms with E-state index in [2.05, 4.69) is 10.9 Å². The maximum Gasteiger partial charge on any atom is 0.307 e. The molecule has 6 nitrogen and oxygen atoms in total. The molecule has 25 heavy (non-hydrogen) atoms. The number of carbonyl (C=O) groups excluding carboxylic acids is 2. The van der Waals surface area contributed by atoms with Gasteiger partial charge in [0.2, 0.25) is 5.91 Å². The minimum atomic E-state index is -1.02. The van der Waals surface area contributed by atoms with Crippen LogP contribution in [0.4, 0.5) is 0 Å². The van der Waals surface area contributed by atoms with Crippen molar-refractivity contribution in [2.75, 3.05) is 0 Å². The van der Waals surface area contributed by atoms with Crippen LogP contribution in [0.2, 0.25) is 5.02 Å². The monoisotopic (exact) mass is 378 g/mol. The van der Waals surface area contributed by atoms with Crippen molar-refractivity contribution in [3.63, 3.8) is 0 Å². The number of carbonyl (C=O) groups is 3. The zero-order chi connectivity index (χ0) is 18.0. The number of benzene rings is 1. The predicted molar refractivity (Wildman–Crippen MR) is 95.4 cm³/mol. The molecule has 0 fully saturated rings. The molecular formula is C17H15ClN2O4S. The van der Waals surface area contributed by atoms with E-state index in [9.17, 15) is 19.5 Å². The Labute approximate surface area is 152 Å². The number of amides is 2. The van der Waals surface area contributed by atoms with E-state index in [0.717, 1.165) is 10.1 Å². The van der Waals surface area contributed by atoms with E-state index in [-0.39, 0.29) is 0 Å². The number of allylic oxidation sites excluding steroid dienone is 2. The molecule has 1 aromatic carbocycles. The zero-order valence-corrected chi connectivity index (χ0v) is 14.6. The number of halogens is 1. The van der Waals surface area contributed by atoms with E-state index in [4.69, 9.17) is 11.6 Å². The lowest BCUT2D eigenvalue weighted by Gasteiger charge is -2.24. The summed E-state index contributed by atoms with van der Waals surface area (Å²) in [5, 5.41) is 10.3. The number of fused-ring (bicyclic) bond motifs is 1. The van der Waals surface area contributed by atoms with Gasteiger partial charge in [0.1, 0.15) is 4.88 Å². The number of hydrogen-bond acceptors (Lipinski definition) is 4. The van der Waals surface area contributed by atoms with Crippen LogP contribution < -0.4 is 10.9 Å². The lowest BCUT2D eigenvalue weighted by molar-refractivity contribution is -0.147. The average Bonchev–Trinajstić information content (AvgIpc) is 2.96. The Balaban J connectivity index is 1.69. The Kier molecular flexibility index (Phi) is 5.06. The summed E-state index contributed by atoms with van der Waals surface area (Å²) in [4.78, 5) is 36.1. The average molecular weight is 379 g/mol. The Morgan fingerprint density at radius 1 is 1.08 bits per heavy atom. The first kappa shape index (κ1) is 17.4. The van der Waals surface area contributed by atoms with Gasteiger partial charge in [-0.15, -0.1) is 11.3 Å². The second kappa shape index (κ2) is 7.25. The highest BCUT2D eigenvalue weighted by Crippen LogP contribution is 2.35. The molecule has 130 valence electrons. The van der Waals surface area contributed by atoms with Gasteiger partial charge in [-0.25, -0.2) is 0 Å². The predicted octanol–water partition coefficient (Wildman–Crippen LogP) is 2.98. The van der Waals surface area contributed by atoms with Gasteiger partial charge in [-0.3, -0.25) is 25.2 Å². The van der Waals surface area contributed by atoms with Gasteiger partial charge < -0.3 is 5.11 Å². The highest BCUT2D eigenvalue weighted by molar-refractivity contribution is 7.21. The number of thiophene rings is 1. The molecule has 0 bridgehead atoms. The summed E-state index contributed by atoms with van der Waals surface area (Å²) in [6.45, 7) is 0. The molecule has 1 heterocycles. The van der Waals surface area contributed by atoms with Gasteiger partial charge in [0.25, 0.3) is 5.91 Å². The van der Waals surface area contributed by atoms with Crippen LogP contribution in [0.3, 0.4) is 0 Å². The lowest BCUT2D eigenvalue weighted by Crippen LogP contribution is -2.47. The zero-order valence-electron chi connectivity index (χ0n) is 13.0. The number of carboxylic acid groups (broad SMARTS) is 1. The molecule has 2 aromatic rings. The van der Waals surface area contributed by atoms with Crippen LogP contribution in [0.5, 0.6) is 0 Å². The number of rotatable bonds is 3. The molecule has 0 radical (unpaired) electrons. The fraction of sp³-hybridized carbons (Fsp3) is 0.235. The lowest BCUT2D eigenvalue weighted by atomic mass is 9.82. The molecule has 8 heteroatoms. The number of nitrogens with one attached hydrogen (secondary N) is 2. The van der Waals surface area contributed by atoms with Crippen LogP contribution in [0, 0.1) is 11.8 Å². The molecule has 3 N–H and O–H groups in total. The van der Waals surface area contributed by atoms with Crippen molar-refractivity contribution in [1.82, 2.24) is 10.9 Å². The number of carboxylic acids is 1. The second-order valence-corrected chi connectivity index (χ2v) is 7.11. The van der Waals surface area contributed by atoms with Crippen molar-refractivity contribution in [2.24, 2.45) is 11.8 Å². The highest BCUT2D eigenvalue weighted by atomic mass is 35.5. The fourth-order valence-electron chi connectivity index (χ4n) is 2.80. The van der Waals surface area contributed by atoms with Gasteiger partial charge in [0.15, 0.2) is 0 Å². The third-order valence-corrected chi connectivity index (χ3v) is 5.80. The largest absolute Gasteiger partial charge is 0.481 e. The second-order valence-electron chi connectivity index (χ2n) is 5.68. The SMILES string of the molecule is O=C(NNC(=O)C1CC=CCC1C(=O)O)c1sc2ccccc2c1Cl.